The molecular formula is C16H23ClN2O2. The Balaban J connectivity index is 1.97. The SMILES string of the molecule is CC(C)(C)NCc1c(Cl)cccc1OCC(=O)NC1CC1. The molecule has 0 radical (unpaired) electrons. The molecule has 1 amide bonds. The summed E-state index contributed by atoms with van der Waals surface area (Å²) in [6.45, 7) is 6.90. The second kappa shape index (κ2) is 6.67. The number of amides is 1. The Bertz CT molecular complexity index is 507. The summed E-state index contributed by atoms with van der Waals surface area (Å²) in [6, 6.07) is 5.85. The number of ether oxygens (including phenoxy) is 1. The average molecular weight is 311 g/mol. The molecule has 0 aliphatic heterocycles. The molecule has 5 heteroatoms. The molecule has 0 atom stereocenters. The molecule has 0 spiro atoms. The molecule has 0 aromatic heterocycles. The van der Waals surface area contributed by atoms with Gasteiger partial charge in [-0.3, -0.25) is 4.79 Å². The van der Waals surface area contributed by atoms with Gasteiger partial charge in [-0.05, 0) is 45.7 Å². The zero-order valence-electron chi connectivity index (χ0n) is 12.8. The number of carbonyl (C=O) groups excluding carboxylic acids is 1. The van der Waals surface area contributed by atoms with Gasteiger partial charge in [-0.1, -0.05) is 17.7 Å². The molecule has 1 saturated carbocycles. The molecule has 21 heavy (non-hydrogen) atoms. The topological polar surface area (TPSA) is 50.4 Å². The fraction of sp³-hybridized carbons (Fsp3) is 0.562. The number of nitrogens with one attached hydrogen (secondary N) is 2. The van der Waals surface area contributed by atoms with E-state index in [1.165, 1.54) is 0 Å². The molecule has 1 aromatic carbocycles. The van der Waals surface area contributed by atoms with Crippen molar-refractivity contribution >= 4 is 17.5 Å². The van der Waals surface area contributed by atoms with E-state index in [1.54, 1.807) is 0 Å². The van der Waals surface area contributed by atoms with Crippen LogP contribution in [0.5, 0.6) is 5.75 Å². The average Bonchev–Trinajstić information content (AvgIpc) is 3.18. The van der Waals surface area contributed by atoms with E-state index in [-0.39, 0.29) is 18.1 Å². The summed E-state index contributed by atoms with van der Waals surface area (Å²) in [5, 5.41) is 6.93. The summed E-state index contributed by atoms with van der Waals surface area (Å²) in [5.74, 6) is 0.581. The normalized spacial score (nSPS) is 14.9. The molecule has 2 N–H and O–H groups in total. The van der Waals surface area contributed by atoms with Crippen LogP contribution in [0.15, 0.2) is 18.2 Å². The summed E-state index contributed by atoms with van der Waals surface area (Å²) in [4.78, 5) is 11.7. The van der Waals surface area contributed by atoms with Gasteiger partial charge in [0, 0.05) is 28.7 Å². The molecule has 0 unspecified atom stereocenters. The van der Waals surface area contributed by atoms with Crippen molar-refractivity contribution in [3.63, 3.8) is 0 Å². The maximum atomic E-state index is 11.7. The Labute approximate surface area is 131 Å². The first-order chi connectivity index (χ1) is 9.85. The molecule has 1 aliphatic carbocycles. The summed E-state index contributed by atoms with van der Waals surface area (Å²) in [6.07, 6.45) is 2.15. The van der Waals surface area contributed by atoms with Gasteiger partial charge >= 0.3 is 0 Å². The molecule has 0 bridgehead atoms. The predicted molar refractivity (Wildman–Crippen MR) is 84.7 cm³/mol. The van der Waals surface area contributed by atoms with Crippen LogP contribution >= 0.6 is 11.6 Å². The van der Waals surface area contributed by atoms with Crippen LogP contribution in [0, 0.1) is 0 Å². The minimum Gasteiger partial charge on any atom is -0.483 e. The highest BCUT2D eigenvalue weighted by atomic mass is 35.5. The molecular weight excluding hydrogens is 288 g/mol. The van der Waals surface area contributed by atoms with Gasteiger partial charge in [0.25, 0.3) is 5.91 Å². The van der Waals surface area contributed by atoms with Gasteiger partial charge in [0.2, 0.25) is 0 Å². The van der Waals surface area contributed by atoms with Crippen molar-refractivity contribution in [1.82, 2.24) is 10.6 Å². The van der Waals surface area contributed by atoms with Gasteiger partial charge in [-0.15, -0.1) is 0 Å². The molecule has 1 aromatic rings. The van der Waals surface area contributed by atoms with E-state index in [0.29, 0.717) is 23.4 Å². The van der Waals surface area contributed by atoms with Crippen LogP contribution in [0.2, 0.25) is 5.02 Å². The Morgan fingerprint density at radius 1 is 1.38 bits per heavy atom. The van der Waals surface area contributed by atoms with Crippen molar-refractivity contribution < 1.29 is 9.53 Å². The van der Waals surface area contributed by atoms with Crippen molar-refractivity contribution in [2.24, 2.45) is 0 Å². The smallest absolute Gasteiger partial charge is 0.258 e. The molecule has 1 aliphatic rings. The predicted octanol–water partition coefficient (Wildman–Crippen LogP) is 2.89. The monoisotopic (exact) mass is 310 g/mol. The highest BCUT2D eigenvalue weighted by molar-refractivity contribution is 6.31. The van der Waals surface area contributed by atoms with Crippen LogP contribution in [0.1, 0.15) is 39.2 Å². The molecule has 0 saturated heterocycles. The van der Waals surface area contributed by atoms with Crippen LogP contribution in [0.3, 0.4) is 0 Å². The summed E-state index contributed by atoms with van der Waals surface area (Å²) in [7, 11) is 0. The molecule has 116 valence electrons. The summed E-state index contributed by atoms with van der Waals surface area (Å²) < 4.78 is 5.64. The third-order valence-corrected chi connectivity index (χ3v) is 3.53. The quantitative estimate of drug-likeness (QED) is 0.849. The number of carbonyl (C=O) groups is 1. The largest absolute Gasteiger partial charge is 0.483 e. The van der Waals surface area contributed by atoms with Gasteiger partial charge < -0.3 is 15.4 Å². The van der Waals surface area contributed by atoms with E-state index >= 15 is 0 Å². The molecule has 2 rings (SSSR count). The lowest BCUT2D eigenvalue weighted by Gasteiger charge is -2.22. The standard InChI is InChI=1S/C16H23ClN2O2/c1-16(2,3)18-9-12-13(17)5-4-6-14(12)21-10-15(20)19-11-7-8-11/h4-6,11,18H,7-10H2,1-3H3,(H,19,20). The lowest BCUT2D eigenvalue weighted by molar-refractivity contribution is -0.123. The number of hydrogen-bond donors (Lipinski definition) is 2. The van der Waals surface area contributed by atoms with Crippen LogP contribution in [0.25, 0.3) is 0 Å². The van der Waals surface area contributed by atoms with Crippen LogP contribution in [-0.4, -0.2) is 24.1 Å². The van der Waals surface area contributed by atoms with E-state index < -0.39 is 0 Å². The second-order valence-corrected chi connectivity index (χ2v) is 6.86. The highest BCUT2D eigenvalue weighted by Gasteiger charge is 2.23. The second-order valence-electron chi connectivity index (χ2n) is 6.45. The molecule has 0 heterocycles. The minimum absolute atomic E-state index is 0.0141. The van der Waals surface area contributed by atoms with Crippen molar-refractivity contribution in [2.75, 3.05) is 6.61 Å². The van der Waals surface area contributed by atoms with Crippen molar-refractivity contribution in [1.29, 1.82) is 0 Å². The fourth-order valence-electron chi connectivity index (χ4n) is 1.84. The van der Waals surface area contributed by atoms with Crippen LogP contribution in [0.4, 0.5) is 0 Å². The first-order valence-electron chi connectivity index (χ1n) is 7.30. The minimum atomic E-state index is -0.0767. The van der Waals surface area contributed by atoms with E-state index in [9.17, 15) is 4.79 Å². The summed E-state index contributed by atoms with van der Waals surface area (Å²) in [5.41, 5.74) is 0.869. The first-order valence-corrected chi connectivity index (χ1v) is 7.67. The van der Waals surface area contributed by atoms with Crippen LogP contribution < -0.4 is 15.4 Å². The zero-order valence-corrected chi connectivity index (χ0v) is 13.6. The Kier molecular flexibility index (Phi) is 5.12. The van der Waals surface area contributed by atoms with Crippen molar-refractivity contribution in [3.8, 4) is 5.75 Å². The molecule has 4 nitrogen and oxygen atoms in total. The third-order valence-electron chi connectivity index (χ3n) is 3.17. The van der Waals surface area contributed by atoms with Gasteiger partial charge in [-0.25, -0.2) is 0 Å². The third kappa shape index (κ3) is 5.56. The fourth-order valence-corrected chi connectivity index (χ4v) is 2.07. The van der Waals surface area contributed by atoms with Crippen molar-refractivity contribution in [3.05, 3.63) is 28.8 Å². The van der Waals surface area contributed by atoms with Gasteiger partial charge in [-0.2, -0.15) is 0 Å². The Hall–Kier alpha value is -1.26. The van der Waals surface area contributed by atoms with E-state index in [4.69, 9.17) is 16.3 Å². The Morgan fingerprint density at radius 2 is 2.10 bits per heavy atom. The van der Waals surface area contributed by atoms with Gasteiger partial charge in [0.15, 0.2) is 6.61 Å². The van der Waals surface area contributed by atoms with E-state index in [2.05, 4.69) is 31.4 Å². The number of benzene rings is 1. The number of rotatable bonds is 6. The number of halogens is 1. The maximum Gasteiger partial charge on any atom is 0.258 e. The van der Waals surface area contributed by atoms with E-state index in [1.807, 2.05) is 18.2 Å². The maximum absolute atomic E-state index is 11.7. The highest BCUT2D eigenvalue weighted by Crippen LogP contribution is 2.27. The molecule has 1 fully saturated rings. The zero-order chi connectivity index (χ0) is 15.5. The van der Waals surface area contributed by atoms with Gasteiger partial charge in [0.05, 0.1) is 0 Å². The van der Waals surface area contributed by atoms with Crippen molar-refractivity contribution in [2.45, 2.75) is 51.7 Å². The number of hydrogen-bond acceptors (Lipinski definition) is 3. The summed E-state index contributed by atoms with van der Waals surface area (Å²) >= 11 is 6.25. The van der Waals surface area contributed by atoms with E-state index in [0.717, 1.165) is 18.4 Å². The first kappa shape index (κ1) is 16.1. The van der Waals surface area contributed by atoms with Gasteiger partial charge in [0.1, 0.15) is 5.75 Å². The Morgan fingerprint density at radius 3 is 2.71 bits per heavy atom. The lowest BCUT2D eigenvalue weighted by Crippen LogP contribution is -2.35. The lowest BCUT2D eigenvalue weighted by atomic mass is 10.1. The van der Waals surface area contributed by atoms with Crippen LogP contribution in [-0.2, 0) is 11.3 Å².